The fourth-order valence-corrected chi connectivity index (χ4v) is 3.71. The predicted molar refractivity (Wildman–Crippen MR) is 117 cm³/mol. The van der Waals surface area contributed by atoms with Gasteiger partial charge in [-0.25, -0.2) is 0 Å². The summed E-state index contributed by atoms with van der Waals surface area (Å²) in [7, 11) is 0. The molecule has 2 aromatic rings. The molecule has 1 saturated heterocycles. The van der Waals surface area contributed by atoms with Gasteiger partial charge in [0.1, 0.15) is 0 Å². The van der Waals surface area contributed by atoms with Gasteiger partial charge in [-0.05, 0) is 52.3 Å². The van der Waals surface area contributed by atoms with E-state index in [0.717, 1.165) is 42.0 Å². The Morgan fingerprint density at radius 3 is 2.11 bits per heavy atom. The number of anilines is 2. The van der Waals surface area contributed by atoms with E-state index in [2.05, 4.69) is 26.1 Å². The Kier molecular flexibility index (Phi) is 6.08. The van der Waals surface area contributed by atoms with Crippen molar-refractivity contribution < 1.29 is 9.59 Å². The first-order valence-corrected chi connectivity index (χ1v) is 10.3. The summed E-state index contributed by atoms with van der Waals surface area (Å²) in [6, 6.07) is 15.2. The summed E-state index contributed by atoms with van der Waals surface area (Å²) in [4.78, 5) is 29.0. The minimum Gasteiger partial charge on any atom is -0.368 e. The van der Waals surface area contributed by atoms with Crippen LogP contribution in [0, 0.1) is 5.41 Å². The number of hydrogen-bond donors (Lipinski definition) is 1. The lowest BCUT2D eigenvalue weighted by Crippen LogP contribution is -2.51. The first kappa shape index (κ1) is 20.4. The van der Waals surface area contributed by atoms with Crippen molar-refractivity contribution in [3.63, 3.8) is 0 Å². The fourth-order valence-electron chi connectivity index (χ4n) is 3.24. The Bertz CT molecular complexity index is 851. The Morgan fingerprint density at radius 1 is 0.929 bits per heavy atom. The van der Waals surface area contributed by atoms with Crippen LogP contribution >= 0.6 is 15.9 Å². The zero-order chi connectivity index (χ0) is 20.3. The highest BCUT2D eigenvalue weighted by molar-refractivity contribution is 9.10. The van der Waals surface area contributed by atoms with Gasteiger partial charge in [-0.2, -0.15) is 0 Å². The first-order chi connectivity index (χ1) is 13.3. The van der Waals surface area contributed by atoms with Gasteiger partial charge in [0.15, 0.2) is 0 Å². The molecule has 0 aromatic heterocycles. The van der Waals surface area contributed by atoms with Gasteiger partial charge in [0, 0.05) is 47.4 Å². The molecule has 0 spiro atoms. The number of rotatable bonds is 3. The van der Waals surface area contributed by atoms with Gasteiger partial charge < -0.3 is 15.1 Å². The molecular formula is C22H26BrN3O2. The number of carbonyl (C=O) groups is 2. The number of halogens is 1. The predicted octanol–water partition coefficient (Wildman–Crippen LogP) is 4.40. The van der Waals surface area contributed by atoms with Crippen molar-refractivity contribution in [1.82, 2.24) is 4.90 Å². The Hall–Kier alpha value is -2.34. The van der Waals surface area contributed by atoms with E-state index in [1.807, 2.05) is 68.1 Å². The van der Waals surface area contributed by atoms with E-state index in [1.165, 1.54) is 0 Å². The quantitative estimate of drug-likeness (QED) is 0.764. The third-order valence-electron chi connectivity index (χ3n) is 4.82. The van der Waals surface area contributed by atoms with E-state index in [9.17, 15) is 9.59 Å². The molecule has 1 aliphatic rings. The van der Waals surface area contributed by atoms with E-state index in [0.29, 0.717) is 5.56 Å². The zero-order valence-corrected chi connectivity index (χ0v) is 18.1. The molecule has 0 atom stereocenters. The van der Waals surface area contributed by atoms with Crippen molar-refractivity contribution in [2.24, 2.45) is 5.41 Å². The largest absolute Gasteiger partial charge is 0.368 e. The summed E-state index contributed by atoms with van der Waals surface area (Å²) < 4.78 is 0.770. The molecule has 6 heteroatoms. The number of nitrogens with zero attached hydrogens (tertiary/aromatic N) is 2. The molecule has 2 amide bonds. The van der Waals surface area contributed by atoms with Gasteiger partial charge >= 0.3 is 0 Å². The molecule has 0 radical (unpaired) electrons. The number of hydrogen-bond acceptors (Lipinski definition) is 3. The summed E-state index contributed by atoms with van der Waals surface area (Å²) in [5, 5.41) is 2.93. The minimum atomic E-state index is -0.338. The number of nitrogens with one attached hydrogen (secondary N) is 1. The van der Waals surface area contributed by atoms with Crippen LogP contribution in [-0.4, -0.2) is 42.9 Å². The highest BCUT2D eigenvalue weighted by atomic mass is 79.9. The second-order valence-electron chi connectivity index (χ2n) is 8.01. The van der Waals surface area contributed by atoms with Crippen molar-refractivity contribution in [2.75, 3.05) is 36.4 Å². The first-order valence-electron chi connectivity index (χ1n) is 9.46. The number of piperazine rings is 1. The van der Waals surface area contributed by atoms with E-state index < -0.39 is 0 Å². The number of carbonyl (C=O) groups excluding carboxylic acids is 2. The molecule has 1 aliphatic heterocycles. The topological polar surface area (TPSA) is 52.7 Å². The lowest BCUT2D eigenvalue weighted by Gasteiger charge is -2.38. The van der Waals surface area contributed by atoms with Crippen molar-refractivity contribution >= 4 is 39.1 Å². The van der Waals surface area contributed by atoms with Crippen LogP contribution in [0.5, 0.6) is 0 Å². The standard InChI is InChI=1S/C22H26BrN3O2/c1-22(2,3)21(28)26-14-12-25(13-15-26)17-10-8-16(9-11-17)24-20(27)18-6-4-5-7-19(18)23/h4-11H,12-15H2,1-3H3,(H,24,27). The molecule has 0 aliphatic carbocycles. The Morgan fingerprint density at radius 2 is 1.54 bits per heavy atom. The van der Waals surface area contributed by atoms with Crippen molar-refractivity contribution in [1.29, 1.82) is 0 Å². The number of amides is 2. The average Bonchev–Trinajstić information content (AvgIpc) is 2.68. The van der Waals surface area contributed by atoms with Crippen LogP contribution in [0.1, 0.15) is 31.1 Å². The molecule has 28 heavy (non-hydrogen) atoms. The summed E-state index contributed by atoms with van der Waals surface area (Å²) in [6.07, 6.45) is 0. The average molecular weight is 444 g/mol. The van der Waals surface area contributed by atoms with Crippen LogP contribution in [-0.2, 0) is 4.79 Å². The van der Waals surface area contributed by atoms with E-state index in [4.69, 9.17) is 0 Å². The third kappa shape index (κ3) is 4.73. The van der Waals surface area contributed by atoms with Crippen molar-refractivity contribution in [3.05, 3.63) is 58.6 Å². The lowest BCUT2D eigenvalue weighted by molar-refractivity contribution is -0.139. The monoisotopic (exact) mass is 443 g/mol. The molecule has 5 nitrogen and oxygen atoms in total. The van der Waals surface area contributed by atoms with Gasteiger partial charge in [-0.3, -0.25) is 9.59 Å². The Balaban J connectivity index is 1.59. The summed E-state index contributed by atoms with van der Waals surface area (Å²) in [5.41, 5.74) is 2.12. The molecule has 1 N–H and O–H groups in total. The number of benzene rings is 2. The van der Waals surface area contributed by atoms with Gasteiger partial charge in [-0.1, -0.05) is 32.9 Å². The molecule has 2 aromatic carbocycles. The molecule has 3 rings (SSSR count). The third-order valence-corrected chi connectivity index (χ3v) is 5.51. The van der Waals surface area contributed by atoms with Crippen LogP contribution in [0.4, 0.5) is 11.4 Å². The zero-order valence-electron chi connectivity index (χ0n) is 16.5. The molecular weight excluding hydrogens is 418 g/mol. The molecule has 0 bridgehead atoms. The van der Waals surface area contributed by atoms with E-state index >= 15 is 0 Å². The van der Waals surface area contributed by atoms with Gasteiger partial charge in [0.25, 0.3) is 5.91 Å². The maximum Gasteiger partial charge on any atom is 0.256 e. The van der Waals surface area contributed by atoms with E-state index in [1.54, 1.807) is 6.07 Å². The van der Waals surface area contributed by atoms with Crippen molar-refractivity contribution in [3.8, 4) is 0 Å². The van der Waals surface area contributed by atoms with Crippen LogP contribution in [0.15, 0.2) is 53.0 Å². The summed E-state index contributed by atoms with van der Waals surface area (Å²) in [5.74, 6) is 0.0619. The minimum absolute atomic E-state index is 0.144. The highest BCUT2D eigenvalue weighted by Crippen LogP contribution is 2.23. The van der Waals surface area contributed by atoms with Crippen molar-refractivity contribution in [2.45, 2.75) is 20.8 Å². The highest BCUT2D eigenvalue weighted by Gasteiger charge is 2.29. The smallest absolute Gasteiger partial charge is 0.256 e. The van der Waals surface area contributed by atoms with Crippen LogP contribution in [0.3, 0.4) is 0 Å². The van der Waals surface area contributed by atoms with Gasteiger partial charge in [0.05, 0.1) is 5.56 Å². The summed E-state index contributed by atoms with van der Waals surface area (Å²) in [6.45, 7) is 8.97. The van der Waals surface area contributed by atoms with Crippen LogP contribution < -0.4 is 10.2 Å². The molecule has 148 valence electrons. The second-order valence-corrected chi connectivity index (χ2v) is 8.86. The normalized spacial score (nSPS) is 14.7. The Labute approximate surface area is 174 Å². The maximum atomic E-state index is 12.4. The lowest BCUT2D eigenvalue weighted by atomic mass is 9.94. The van der Waals surface area contributed by atoms with Gasteiger partial charge in [0.2, 0.25) is 5.91 Å². The van der Waals surface area contributed by atoms with Crippen LogP contribution in [0.2, 0.25) is 0 Å². The van der Waals surface area contributed by atoms with Crippen LogP contribution in [0.25, 0.3) is 0 Å². The summed E-state index contributed by atoms with van der Waals surface area (Å²) >= 11 is 3.41. The van der Waals surface area contributed by atoms with Gasteiger partial charge in [-0.15, -0.1) is 0 Å². The SMILES string of the molecule is CC(C)(C)C(=O)N1CCN(c2ccc(NC(=O)c3ccccc3Br)cc2)CC1. The fraction of sp³-hybridized carbons (Fsp3) is 0.364. The molecule has 1 fully saturated rings. The second kappa shape index (κ2) is 8.35. The molecule has 0 unspecified atom stereocenters. The molecule has 0 saturated carbocycles. The maximum absolute atomic E-state index is 12.4. The molecule has 1 heterocycles. The van der Waals surface area contributed by atoms with E-state index in [-0.39, 0.29) is 17.2 Å².